The lowest BCUT2D eigenvalue weighted by atomic mass is 10.0. The molecule has 0 bridgehead atoms. The second-order valence-electron chi connectivity index (χ2n) is 19.2. The maximum absolute atomic E-state index is 4.75. The van der Waals surface area contributed by atoms with Gasteiger partial charge in [-0.05, 0) is 68.8 Å². The first-order chi connectivity index (χ1) is 37.0. The fourth-order valence-corrected chi connectivity index (χ4v) is 9.07. The number of aromatic nitrogens is 9. The second-order valence-corrected chi connectivity index (χ2v) is 21.1. The smallest absolute Gasteiger partial charge is 0.174 e. The molecule has 5 heterocycles. The summed E-state index contributed by atoms with van der Waals surface area (Å²) in [6.45, 7) is 17.5. The standard InChI is InChI=1S/C24H21N3.C20H17N3S2.C12H13N3.C9H12/c1-17(2)18-13-15-21(16-14-18)24-26-22(19-9-5-3-6-10-19)25-23(27-24)20-11-7-4-8-12-20;1-13(2)14-7-9-15(10-8-14)18-21-19(16-5-3-11-24-16)23-20(22-18)17-6-4-12-25-17;1-9(2)10-3-5-11(6-4-10)12-14-7-13-8-15-12;1-8(2)9-6-4-3-5-7-9/h3-17H,1-2H3;3-13H,1-2H3;3-9H,1-2H3;3-8H,1-2H3. The molecule has 0 saturated heterocycles. The van der Waals surface area contributed by atoms with Gasteiger partial charge >= 0.3 is 0 Å². The van der Waals surface area contributed by atoms with Crippen LogP contribution in [0.1, 0.15) is 101 Å². The van der Waals surface area contributed by atoms with Gasteiger partial charge < -0.3 is 0 Å². The van der Waals surface area contributed by atoms with E-state index in [2.05, 4.69) is 160 Å². The molecule has 0 aliphatic heterocycles. The van der Waals surface area contributed by atoms with Crippen molar-refractivity contribution in [2.75, 3.05) is 0 Å². The summed E-state index contributed by atoms with van der Waals surface area (Å²) in [5.41, 5.74) is 10.4. The van der Waals surface area contributed by atoms with Crippen LogP contribution < -0.4 is 0 Å². The molecular weight excluding hydrogens is 971 g/mol. The third kappa shape index (κ3) is 15.0. The lowest BCUT2D eigenvalue weighted by molar-refractivity contribution is 0.866. The first kappa shape index (κ1) is 54.0. The number of hydrogen-bond donors (Lipinski definition) is 0. The third-order valence-corrected chi connectivity index (χ3v) is 14.0. The molecule has 0 radical (unpaired) electrons. The van der Waals surface area contributed by atoms with E-state index >= 15 is 0 Å². The molecule has 0 fully saturated rings. The summed E-state index contributed by atoms with van der Waals surface area (Å²) in [5, 5.41) is 4.09. The summed E-state index contributed by atoms with van der Waals surface area (Å²) in [6.07, 6.45) is 3.03. The van der Waals surface area contributed by atoms with Crippen molar-refractivity contribution in [3.05, 3.63) is 234 Å². The molecule has 0 aliphatic rings. The molecule has 0 amide bonds. The number of hydrogen-bond acceptors (Lipinski definition) is 11. The summed E-state index contributed by atoms with van der Waals surface area (Å²) >= 11 is 3.29. The molecule has 0 saturated carbocycles. The van der Waals surface area contributed by atoms with E-state index in [4.69, 9.17) is 24.9 Å². The summed E-state index contributed by atoms with van der Waals surface area (Å²) in [4.78, 5) is 42.5. The number of nitrogens with zero attached hydrogens (tertiary/aromatic N) is 9. The Bertz CT molecular complexity index is 3320. The molecule has 76 heavy (non-hydrogen) atoms. The fraction of sp³-hybridized carbons (Fsp3) is 0.185. The predicted molar refractivity (Wildman–Crippen MR) is 316 cm³/mol. The minimum atomic E-state index is 0.497. The molecule has 0 unspecified atom stereocenters. The highest BCUT2D eigenvalue weighted by Crippen LogP contribution is 2.30. The van der Waals surface area contributed by atoms with Crippen LogP contribution in [0.4, 0.5) is 0 Å². The van der Waals surface area contributed by atoms with Crippen molar-refractivity contribution in [3.63, 3.8) is 0 Å². The van der Waals surface area contributed by atoms with E-state index in [9.17, 15) is 0 Å². The van der Waals surface area contributed by atoms with Crippen LogP contribution in [0.25, 0.3) is 78.3 Å². The molecule has 5 aromatic heterocycles. The van der Waals surface area contributed by atoms with E-state index in [1.165, 1.54) is 34.9 Å². The van der Waals surface area contributed by atoms with Crippen molar-refractivity contribution >= 4 is 22.7 Å². The highest BCUT2D eigenvalue weighted by atomic mass is 32.1. The van der Waals surface area contributed by atoms with E-state index in [0.29, 0.717) is 41.1 Å². The van der Waals surface area contributed by atoms with E-state index in [1.807, 2.05) is 114 Å². The first-order valence-electron chi connectivity index (χ1n) is 25.7. The molecule has 11 rings (SSSR count). The Kier molecular flexibility index (Phi) is 19.1. The summed E-state index contributed by atoms with van der Waals surface area (Å²) in [6, 6.07) is 64.0. The third-order valence-electron chi connectivity index (χ3n) is 12.3. The largest absolute Gasteiger partial charge is 0.225 e. The molecule has 0 aliphatic carbocycles. The van der Waals surface area contributed by atoms with Gasteiger partial charge in [-0.2, -0.15) is 0 Å². The molecule has 0 atom stereocenters. The van der Waals surface area contributed by atoms with E-state index in [1.54, 1.807) is 22.7 Å². The molecule has 11 heteroatoms. The van der Waals surface area contributed by atoms with Crippen LogP contribution in [0.2, 0.25) is 0 Å². The van der Waals surface area contributed by atoms with E-state index in [-0.39, 0.29) is 0 Å². The number of benzene rings is 6. The molecule has 6 aromatic carbocycles. The Morgan fingerprint density at radius 1 is 0.263 bits per heavy atom. The van der Waals surface area contributed by atoms with Crippen LogP contribution in [-0.4, -0.2) is 44.9 Å². The second kappa shape index (κ2) is 26.8. The quantitative estimate of drug-likeness (QED) is 0.125. The van der Waals surface area contributed by atoms with Gasteiger partial charge in [-0.3, -0.25) is 0 Å². The van der Waals surface area contributed by atoms with Crippen molar-refractivity contribution in [2.45, 2.75) is 79.1 Å². The molecule has 9 nitrogen and oxygen atoms in total. The Morgan fingerprint density at radius 2 is 0.539 bits per heavy atom. The first-order valence-corrected chi connectivity index (χ1v) is 27.4. The normalized spacial score (nSPS) is 10.8. The number of rotatable bonds is 11. The molecule has 0 spiro atoms. The van der Waals surface area contributed by atoms with Gasteiger partial charge in [0.05, 0.1) is 9.75 Å². The Labute approximate surface area is 456 Å². The SMILES string of the molecule is CC(C)c1ccc(-c2nc(-c3ccccc3)nc(-c3ccccc3)n2)cc1.CC(C)c1ccc(-c2nc(-c3cccs3)nc(-c3cccs3)n2)cc1.CC(C)c1ccc(-c2ncncn2)cc1.CC(C)c1ccccc1. The average Bonchev–Trinajstić information content (AvgIpc) is 4.24. The van der Waals surface area contributed by atoms with Gasteiger partial charge in [-0.25, -0.2) is 44.9 Å². The van der Waals surface area contributed by atoms with Crippen LogP contribution in [0.3, 0.4) is 0 Å². The van der Waals surface area contributed by atoms with Gasteiger partial charge in [0.15, 0.2) is 40.8 Å². The summed E-state index contributed by atoms with van der Waals surface area (Å²) in [5.74, 6) is 7.19. The van der Waals surface area contributed by atoms with Gasteiger partial charge in [-0.1, -0.05) is 231 Å². The van der Waals surface area contributed by atoms with Crippen molar-refractivity contribution in [2.24, 2.45) is 0 Å². The van der Waals surface area contributed by atoms with Crippen LogP contribution in [0.15, 0.2) is 211 Å². The Morgan fingerprint density at radius 3 is 0.842 bits per heavy atom. The average molecular weight is 1030 g/mol. The molecule has 0 N–H and O–H groups in total. The summed E-state index contributed by atoms with van der Waals surface area (Å²) < 4.78 is 0. The number of thiophene rings is 2. The van der Waals surface area contributed by atoms with Crippen molar-refractivity contribution in [3.8, 4) is 78.3 Å². The van der Waals surface area contributed by atoms with Gasteiger partial charge in [0, 0.05) is 27.8 Å². The Balaban J connectivity index is 0.000000144. The van der Waals surface area contributed by atoms with Crippen LogP contribution in [0.5, 0.6) is 0 Å². The summed E-state index contributed by atoms with van der Waals surface area (Å²) in [7, 11) is 0. The zero-order valence-corrected chi connectivity index (χ0v) is 46.0. The van der Waals surface area contributed by atoms with Crippen LogP contribution in [0, 0.1) is 0 Å². The van der Waals surface area contributed by atoms with Crippen molar-refractivity contribution in [1.82, 2.24) is 44.9 Å². The zero-order valence-electron chi connectivity index (χ0n) is 44.4. The molecular formula is C65H63N9S2. The van der Waals surface area contributed by atoms with E-state index < -0.39 is 0 Å². The van der Waals surface area contributed by atoms with Crippen LogP contribution in [-0.2, 0) is 0 Å². The maximum atomic E-state index is 4.75. The van der Waals surface area contributed by atoms with Gasteiger partial charge in [0.1, 0.15) is 12.7 Å². The lowest BCUT2D eigenvalue weighted by Gasteiger charge is -2.09. The highest BCUT2D eigenvalue weighted by molar-refractivity contribution is 7.13. The van der Waals surface area contributed by atoms with Crippen molar-refractivity contribution in [1.29, 1.82) is 0 Å². The van der Waals surface area contributed by atoms with Gasteiger partial charge in [-0.15, -0.1) is 22.7 Å². The maximum Gasteiger partial charge on any atom is 0.174 e. The minimum absolute atomic E-state index is 0.497. The Hall–Kier alpha value is -8.25. The predicted octanol–water partition coefficient (Wildman–Crippen LogP) is 17.6. The zero-order chi connectivity index (χ0) is 53.2. The van der Waals surface area contributed by atoms with Crippen LogP contribution >= 0.6 is 22.7 Å². The topological polar surface area (TPSA) is 116 Å². The lowest BCUT2D eigenvalue weighted by Crippen LogP contribution is -2.00. The molecule has 380 valence electrons. The van der Waals surface area contributed by atoms with Gasteiger partial charge in [0.2, 0.25) is 0 Å². The van der Waals surface area contributed by atoms with E-state index in [0.717, 1.165) is 60.9 Å². The minimum Gasteiger partial charge on any atom is -0.225 e. The highest BCUT2D eigenvalue weighted by Gasteiger charge is 2.15. The van der Waals surface area contributed by atoms with Crippen molar-refractivity contribution < 1.29 is 0 Å². The fourth-order valence-electron chi connectivity index (χ4n) is 7.75. The monoisotopic (exact) mass is 1030 g/mol. The van der Waals surface area contributed by atoms with Gasteiger partial charge in [0.25, 0.3) is 0 Å². The molecule has 11 aromatic rings.